The molecule has 2 heterocycles. The lowest BCUT2D eigenvalue weighted by atomic mass is 9.77. The second kappa shape index (κ2) is 9.38. The summed E-state index contributed by atoms with van der Waals surface area (Å²) in [6, 6.07) is 15.9. The Morgan fingerprint density at radius 3 is 2.39 bits per heavy atom. The van der Waals surface area contributed by atoms with E-state index >= 15 is 0 Å². The van der Waals surface area contributed by atoms with E-state index in [1.165, 1.54) is 5.56 Å². The van der Waals surface area contributed by atoms with Gasteiger partial charge in [-0.1, -0.05) is 43.2 Å². The van der Waals surface area contributed by atoms with Crippen LogP contribution in [0.1, 0.15) is 49.7 Å². The first kappa shape index (κ1) is 21.7. The third-order valence-corrected chi connectivity index (χ3v) is 7.36. The lowest BCUT2D eigenvalue weighted by molar-refractivity contribution is -0.135. The first-order chi connectivity index (χ1) is 16.1. The van der Waals surface area contributed by atoms with Gasteiger partial charge in [0.2, 0.25) is 17.7 Å². The number of fused-ring (bicyclic) bond motifs is 1. The average Bonchev–Trinajstić information content (AvgIpc) is 3.48. The number of rotatable bonds is 5. The number of carbonyl (C=O) groups excluding carboxylic acids is 3. The zero-order valence-electron chi connectivity index (χ0n) is 19.0. The number of hydrogen-bond donors (Lipinski definition) is 1. The van der Waals surface area contributed by atoms with Crippen molar-refractivity contribution >= 4 is 29.1 Å². The molecule has 1 saturated carbocycles. The van der Waals surface area contributed by atoms with Crippen LogP contribution in [0.25, 0.3) is 0 Å². The molecule has 2 aromatic carbocycles. The molecule has 6 heteroatoms. The van der Waals surface area contributed by atoms with E-state index < -0.39 is 0 Å². The van der Waals surface area contributed by atoms with E-state index in [-0.39, 0.29) is 29.6 Å². The quantitative estimate of drug-likeness (QED) is 0.761. The largest absolute Gasteiger partial charge is 0.352 e. The summed E-state index contributed by atoms with van der Waals surface area (Å²) in [7, 11) is 0. The van der Waals surface area contributed by atoms with Gasteiger partial charge >= 0.3 is 0 Å². The summed E-state index contributed by atoms with van der Waals surface area (Å²) in [5.41, 5.74) is 4.12. The van der Waals surface area contributed by atoms with Gasteiger partial charge in [0.05, 0.1) is 5.92 Å². The van der Waals surface area contributed by atoms with Crippen LogP contribution in [0.2, 0.25) is 0 Å². The van der Waals surface area contributed by atoms with Gasteiger partial charge in [0.1, 0.15) is 0 Å². The molecular formula is C27H31N3O3. The molecule has 2 unspecified atom stereocenters. The van der Waals surface area contributed by atoms with Gasteiger partial charge in [-0.3, -0.25) is 14.4 Å². The van der Waals surface area contributed by atoms with E-state index in [4.69, 9.17) is 0 Å². The number of para-hydroxylation sites is 1. The predicted octanol–water partition coefficient (Wildman–Crippen LogP) is 3.83. The average molecular weight is 446 g/mol. The molecule has 0 aromatic heterocycles. The lowest BCUT2D eigenvalue weighted by Gasteiger charge is -2.32. The highest BCUT2D eigenvalue weighted by atomic mass is 16.2. The molecule has 0 spiro atoms. The van der Waals surface area contributed by atoms with Gasteiger partial charge in [0.15, 0.2) is 0 Å². The number of amides is 3. The molecule has 0 radical (unpaired) electrons. The van der Waals surface area contributed by atoms with Crippen molar-refractivity contribution < 1.29 is 14.4 Å². The number of anilines is 2. The summed E-state index contributed by atoms with van der Waals surface area (Å²) in [5, 5.41) is 3.07. The van der Waals surface area contributed by atoms with Crippen LogP contribution in [-0.2, 0) is 27.3 Å². The molecule has 6 nitrogen and oxygen atoms in total. The standard InChI is InChI=1S/C27H31N3O3/c31-25-10-5-16-29(25)21-13-11-19(12-14-21)18-28-26(32)22-7-2-3-8-23(22)27(33)30-17-15-20-6-1-4-9-24(20)30/h1,4,6,9,11-14,22-23H,2-3,5,7-8,10,15-18H2,(H,28,32). The number of nitrogens with zero attached hydrogens (tertiary/aromatic N) is 2. The predicted molar refractivity (Wildman–Crippen MR) is 128 cm³/mol. The summed E-state index contributed by atoms with van der Waals surface area (Å²) in [5.74, 6) is -0.294. The smallest absolute Gasteiger partial charge is 0.230 e. The summed E-state index contributed by atoms with van der Waals surface area (Å²) in [6.07, 6.45) is 5.90. The topological polar surface area (TPSA) is 69.7 Å². The van der Waals surface area contributed by atoms with Gasteiger partial charge in [0, 0.05) is 43.3 Å². The van der Waals surface area contributed by atoms with Crippen LogP contribution in [0.4, 0.5) is 11.4 Å². The Labute approximate surface area is 194 Å². The van der Waals surface area contributed by atoms with Crippen LogP contribution < -0.4 is 15.1 Å². The van der Waals surface area contributed by atoms with E-state index in [1.54, 1.807) is 0 Å². The fourth-order valence-electron chi connectivity index (χ4n) is 5.54. The molecule has 172 valence electrons. The summed E-state index contributed by atoms with van der Waals surface area (Å²) in [6.45, 7) is 1.90. The Balaban J connectivity index is 1.22. The van der Waals surface area contributed by atoms with Crippen molar-refractivity contribution in [2.24, 2.45) is 11.8 Å². The Kier molecular flexibility index (Phi) is 6.16. The van der Waals surface area contributed by atoms with Crippen molar-refractivity contribution in [1.29, 1.82) is 0 Å². The van der Waals surface area contributed by atoms with Gasteiger partial charge in [0.25, 0.3) is 0 Å². The molecular weight excluding hydrogens is 414 g/mol. The number of carbonyl (C=O) groups is 3. The number of nitrogens with one attached hydrogen (secondary N) is 1. The van der Waals surface area contributed by atoms with Crippen molar-refractivity contribution in [2.45, 2.75) is 51.5 Å². The fourth-order valence-corrected chi connectivity index (χ4v) is 5.54. The summed E-state index contributed by atoms with van der Waals surface area (Å²) in [4.78, 5) is 42.2. The molecule has 2 aliphatic heterocycles. The van der Waals surface area contributed by atoms with Crippen LogP contribution in [0.5, 0.6) is 0 Å². The second-order valence-electron chi connectivity index (χ2n) is 9.40. The third kappa shape index (κ3) is 4.39. The summed E-state index contributed by atoms with van der Waals surface area (Å²) >= 11 is 0. The van der Waals surface area contributed by atoms with E-state index in [2.05, 4.69) is 11.4 Å². The Hall–Kier alpha value is -3.15. The number of hydrogen-bond acceptors (Lipinski definition) is 3. The highest BCUT2D eigenvalue weighted by Crippen LogP contribution is 2.36. The van der Waals surface area contributed by atoms with E-state index in [0.29, 0.717) is 19.5 Å². The highest BCUT2D eigenvalue weighted by molar-refractivity contribution is 5.99. The first-order valence-corrected chi connectivity index (χ1v) is 12.2. The zero-order chi connectivity index (χ0) is 22.8. The molecule has 1 aliphatic carbocycles. The van der Waals surface area contributed by atoms with Crippen molar-refractivity contribution in [3.05, 3.63) is 59.7 Å². The Bertz CT molecular complexity index is 1050. The molecule has 2 atom stereocenters. The Morgan fingerprint density at radius 2 is 1.64 bits per heavy atom. The maximum atomic E-state index is 13.5. The van der Waals surface area contributed by atoms with Crippen molar-refractivity contribution in [3.8, 4) is 0 Å². The molecule has 0 bridgehead atoms. The lowest BCUT2D eigenvalue weighted by Crippen LogP contribution is -2.45. The molecule has 33 heavy (non-hydrogen) atoms. The van der Waals surface area contributed by atoms with Gasteiger partial charge < -0.3 is 15.1 Å². The van der Waals surface area contributed by atoms with Crippen LogP contribution in [-0.4, -0.2) is 30.8 Å². The molecule has 1 N–H and O–H groups in total. The van der Waals surface area contributed by atoms with E-state index in [0.717, 1.165) is 62.0 Å². The van der Waals surface area contributed by atoms with Crippen LogP contribution in [0.15, 0.2) is 48.5 Å². The first-order valence-electron chi connectivity index (χ1n) is 12.2. The fraction of sp³-hybridized carbons (Fsp3) is 0.444. The second-order valence-corrected chi connectivity index (χ2v) is 9.40. The minimum atomic E-state index is -0.277. The minimum Gasteiger partial charge on any atom is -0.352 e. The van der Waals surface area contributed by atoms with Gasteiger partial charge in [-0.2, -0.15) is 0 Å². The molecule has 1 saturated heterocycles. The maximum absolute atomic E-state index is 13.5. The Morgan fingerprint density at radius 1 is 0.879 bits per heavy atom. The van der Waals surface area contributed by atoms with Crippen LogP contribution in [0, 0.1) is 11.8 Å². The highest BCUT2D eigenvalue weighted by Gasteiger charge is 2.39. The maximum Gasteiger partial charge on any atom is 0.230 e. The molecule has 5 rings (SSSR count). The monoisotopic (exact) mass is 445 g/mol. The van der Waals surface area contributed by atoms with Gasteiger partial charge in [-0.05, 0) is 55.0 Å². The molecule has 3 amide bonds. The number of benzene rings is 2. The summed E-state index contributed by atoms with van der Waals surface area (Å²) < 4.78 is 0. The third-order valence-electron chi connectivity index (χ3n) is 7.36. The minimum absolute atomic E-state index is 0.0284. The van der Waals surface area contributed by atoms with E-state index in [1.807, 2.05) is 52.3 Å². The molecule has 3 aliphatic rings. The van der Waals surface area contributed by atoms with Gasteiger partial charge in [-0.25, -0.2) is 0 Å². The van der Waals surface area contributed by atoms with Crippen LogP contribution in [0.3, 0.4) is 0 Å². The van der Waals surface area contributed by atoms with Crippen molar-refractivity contribution in [1.82, 2.24) is 5.32 Å². The zero-order valence-corrected chi connectivity index (χ0v) is 19.0. The van der Waals surface area contributed by atoms with Crippen molar-refractivity contribution in [3.63, 3.8) is 0 Å². The van der Waals surface area contributed by atoms with Crippen molar-refractivity contribution in [2.75, 3.05) is 22.9 Å². The SMILES string of the molecule is O=C(NCc1ccc(N2CCCC2=O)cc1)C1CCCCC1C(=O)N1CCc2ccccc21. The van der Waals surface area contributed by atoms with Crippen LogP contribution >= 0.6 is 0 Å². The van der Waals surface area contributed by atoms with Gasteiger partial charge in [-0.15, -0.1) is 0 Å². The molecule has 2 fully saturated rings. The normalized spacial score (nSPS) is 22.4. The molecule has 2 aromatic rings. The van der Waals surface area contributed by atoms with E-state index in [9.17, 15) is 14.4 Å².